The summed E-state index contributed by atoms with van der Waals surface area (Å²) in [5.74, 6) is 0.0748. The Morgan fingerprint density at radius 1 is 0.483 bits per heavy atom. The maximum Gasteiger partial charge on any atom is 0.343 e. The lowest BCUT2D eigenvalue weighted by atomic mass is 9.87. The molecule has 1 saturated carbocycles. The number of benzene rings is 2. The third-order valence-corrected chi connectivity index (χ3v) is 10.7. The smallest absolute Gasteiger partial charge is 0.343 e. The van der Waals surface area contributed by atoms with Crippen molar-refractivity contribution in [2.45, 2.75) is 161 Å². The van der Waals surface area contributed by atoms with Crippen LogP contribution in [0, 0.1) is 5.92 Å². The van der Waals surface area contributed by atoms with E-state index in [4.69, 9.17) is 28.4 Å². The molecule has 0 unspecified atom stereocenters. The van der Waals surface area contributed by atoms with E-state index in [-0.39, 0.29) is 29.9 Å². The fraction of sp³-hybridized carbons (Fsp3) is 0.600. The number of carbonyl (C=O) groups is 4. The third kappa shape index (κ3) is 22.2. The van der Waals surface area contributed by atoms with Crippen LogP contribution in [0.5, 0.6) is 17.2 Å². The summed E-state index contributed by atoms with van der Waals surface area (Å²) >= 11 is 0. The van der Waals surface area contributed by atoms with E-state index in [0.29, 0.717) is 48.0 Å². The van der Waals surface area contributed by atoms with Gasteiger partial charge in [0.05, 0.1) is 37.4 Å². The molecular weight excluding hydrogens is 761 g/mol. The Morgan fingerprint density at radius 2 is 0.867 bits per heavy atom. The highest BCUT2D eigenvalue weighted by Crippen LogP contribution is 2.29. The second-order valence-electron chi connectivity index (χ2n) is 16.2. The Balaban J connectivity index is 1.16. The Kier molecular flexibility index (Phi) is 25.4. The summed E-state index contributed by atoms with van der Waals surface area (Å²) in [6.07, 6.45) is 23.8. The first kappa shape index (κ1) is 49.9. The van der Waals surface area contributed by atoms with E-state index >= 15 is 0 Å². The van der Waals surface area contributed by atoms with Gasteiger partial charge in [-0.05, 0) is 114 Å². The van der Waals surface area contributed by atoms with Crippen molar-refractivity contribution in [3.8, 4) is 17.2 Å². The quantitative estimate of drug-likeness (QED) is 0.0304. The Morgan fingerprint density at radius 3 is 1.33 bits per heavy atom. The molecule has 3 rings (SSSR count). The number of unbranched alkanes of at least 4 members (excludes halogenated alkanes) is 16. The largest absolute Gasteiger partial charge is 0.494 e. The first-order valence-electron chi connectivity index (χ1n) is 22.7. The van der Waals surface area contributed by atoms with Crippen LogP contribution in [0.1, 0.15) is 165 Å². The SMILES string of the molecule is C=C(C)C(=O)OCCCCCCCCCCCOc1ccc(OC(=O)c2ccc(OC(=O)C3CCC(OCCCCCCCCCCCOC(=O)C(=C)C)CC3)cc2)cc1. The molecule has 0 radical (unpaired) electrons. The van der Waals surface area contributed by atoms with Crippen molar-refractivity contribution in [1.82, 2.24) is 0 Å². The van der Waals surface area contributed by atoms with Gasteiger partial charge in [0.2, 0.25) is 0 Å². The van der Waals surface area contributed by atoms with Crippen LogP contribution in [-0.4, -0.2) is 56.4 Å². The Bertz CT molecular complexity index is 1560. The normalized spacial score (nSPS) is 14.8. The van der Waals surface area contributed by atoms with Gasteiger partial charge in [-0.2, -0.15) is 0 Å². The maximum absolute atomic E-state index is 12.9. The highest BCUT2D eigenvalue weighted by atomic mass is 16.5. The van der Waals surface area contributed by atoms with Crippen molar-refractivity contribution in [3.05, 3.63) is 78.4 Å². The highest BCUT2D eigenvalue weighted by Gasteiger charge is 2.28. The van der Waals surface area contributed by atoms with Crippen LogP contribution in [0.2, 0.25) is 0 Å². The first-order valence-corrected chi connectivity index (χ1v) is 22.7. The summed E-state index contributed by atoms with van der Waals surface area (Å²) in [6.45, 7) is 12.9. The molecule has 0 bridgehead atoms. The van der Waals surface area contributed by atoms with E-state index in [2.05, 4.69) is 13.2 Å². The number of rotatable bonds is 32. The molecule has 0 amide bonds. The molecule has 10 heteroatoms. The van der Waals surface area contributed by atoms with Gasteiger partial charge in [0, 0.05) is 17.8 Å². The fourth-order valence-electron chi connectivity index (χ4n) is 6.99. The van der Waals surface area contributed by atoms with E-state index in [0.717, 1.165) is 89.4 Å². The second kappa shape index (κ2) is 30.6. The van der Waals surface area contributed by atoms with E-state index in [1.165, 1.54) is 64.2 Å². The van der Waals surface area contributed by atoms with Crippen LogP contribution in [0.3, 0.4) is 0 Å². The molecule has 0 heterocycles. The van der Waals surface area contributed by atoms with E-state index in [1.54, 1.807) is 62.4 Å². The average molecular weight is 833 g/mol. The minimum Gasteiger partial charge on any atom is -0.494 e. The number of ether oxygens (including phenoxy) is 6. The van der Waals surface area contributed by atoms with Crippen molar-refractivity contribution in [2.75, 3.05) is 26.4 Å². The molecule has 0 N–H and O–H groups in total. The van der Waals surface area contributed by atoms with E-state index in [9.17, 15) is 19.2 Å². The van der Waals surface area contributed by atoms with Crippen molar-refractivity contribution in [2.24, 2.45) is 5.92 Å². The van der Waals surface area contributed by atoms with Crippen molar-refractivity contribution >= 4 is 23.9 Å². The van der Waals surface area contributed by atoms with Gasteiger partial charge in [-0.25, -0.2) is 14.4 Å². The van der Waals surface area contributed by atoms with Gasteiger partial charge in [-0.15, -0.1) is 0 Å². The predicted molar refractivity (Wildman–Crippen MR) is 235 cm³/mol. The Hall–Kier alpha value is -4.44. The average Bonchev–Trinajstić information content (AvgIpc) is 3.24. The van der Waals surface area contributed by atoms with Crippen LogP contribution >= 0.6 is 0 Å². The van der Waals surface area contributed by atoms with Gasteiger partial charge in [0.1, 0.15) is 17.2 Å². The molecule has 0 atom stereocenters. The molecule has 1 fully saturated rings. The minimum atomic E-state index is -0.493. The topological polar surface area (TPSA) is 124 Å². The first-order chi connectivity index (χ1) is 29.1. The molecule has 10 nitrogen and oxygen atoms in total. The minimum absolute atomic E-state index is 0.154. The monoisotopic (exact) mass is 833 g/mol. The lowest BCUT2D eigenvalue weighted by molar-refractivity contribution is -0.141. The highest BCUT2D eigenvalue weighted by molar-refractivity contribution is 5.91. The second-order valence-corrected chi connectivity index (χ2v) is 16.2. The molecule has 2 aromatic carbocycles. The van der Waals surface area contributed by atoms with Gasteiger partial charge in [0.25, 0.3) is 0 Å². The lowest BCUT2D eigenvalue weighted by Gasteiger charge is -2.27. The number of esters is 4. The lowest BCUT2D eigenvalue weighted by Crippen LogP contribution is -2.29. The van der Waals surface area contributed by atoms with Crippen molar-refractivity contribution < 1.29 is 47.6 Å². The molecule has 1 aliphatic carbocycles. The van der Waals surface area contributed by atoms with Crippen LogP contribution in [0.15, 0.2) is 72.8 Å². The van der Waals surface area contributed by atoms with Crippen LogP contribution in [-0.2, 0) is 28.6 Å². The summed E-state index contributed by atoms with van der Waals surface area (Å²) in [4.78, 5) is 48.4. The summed E-state index contributed by atoms with van der Waals surface area (Å²) < 4.78 is 33.5. The van der Waals surface area contributed by atoms with Crippen LogP contribution in [0.4, 0.5) is 0 Å². The Labute approximate surface area is 359 Å². The molecular formula is C50H72O10. The molecule has 2 aromatic rings. The summed E-state index contributed by atoms with van der Waals surface area (Å²) in [7, 11) is 0. The summed E-state index contributed by atoms with van der Waals surface area (Å²) in [6, 6.07) is 13.5. The molecule has 0 saturated heterocycles. The van der Waals surface area contributed by atoms with Gasteiger partial charge in [-0.3, -0.25) is 4.79 Å². The van der Waals surface area contributed by atoms with E-state index in [1.807, 2.05) is 0 Å². The third-order valence-electron chi connectivity index (χ3n) is 10.7. The van der Waals surface area contributed by atoms with Crippen molar-refractivity contribution in [3.63, 3.8) is 0 Å². The number of hydrogen-bond donors (Lipinski definition) is 0. The summed E-state index contributed by atoms with van der Waals surface area (Å²) in [5.41, 5.74) is 1.26. The van der Waals surface area contributed by atoms with Crippen molar-refractivity contribution in [1.29, 1.82) is 0 Å². The maximum atomic E-state index is 12.9. The molecule has 0 spiro atoms. The van der Waals surface area contributed by atoms with Gasteiger partial charge < -0.3 is 28.4 Å². The van der Waals surface area contributed by atoms with Crippen LogP contribution in [0.25, 0.3) is 0 Å². The summed E-state index contributed by atoms with van der Waals surface area (Å²) in [5, 5.41) is 0. The zero-order chi connectivity index (χ0) is 43.2. The molecule has 1 aliphatic rings. The molecule has 0 aromatic heterocycles. The zero-order valence-electron chi connectivity index (χ0n) is 36.7. The number of carbonyl (C=O) groups excluding carboxylic acids is 4. The van der Waals surface area contributed by atoms with Gasteiger partial charge in [-0.1, -0.05) is 103 Å². The molecule has 0 aliphatic heterocycles. The van der Waals surface area contributed by atoms with Crippen LogP contribution < -0.4 is 14.2 Å². The predicted octanol–water partition coefficient (Wildman–Crippen LogP) is 12.0. The number of hydrogen-bond acceptors (Lipinski definition) is 10. The standard InChI is InChI=1S/C50H72O10/c1-39(2)47(51)57-37-21-17-13-9-5-7-11-15-19-35-55-43-27-23-41(24-28-43)49(53)59-45-29-25-42(26-30-45)50(54)60-46-33-31-44(32-34-46)56-36-20-16-12-8-6-10-14-18-22-38-58-48(52)40(3)4/h25-26,29-34,41,43H,1,3,5-24,27-28,35-38H2,2,4H3. The molecule has 60 heavy (non-hydrogen) atoms. The van der Waals surface area contributed by atoms with Gasteiger partial charge >= 0.3 is 23.9 Å². The van der Waals surface area contributed by atoms with E-state index < -0.39 is 5.97 Å². The fourth-order valence-corrected chi connectivity index (χ4v) is 6.99. The zero-order valence-corrected chi connectivity index (χ0v) is 36.7. The van der Waals surface area contributed by atoms with Gasteiger partial charge in [0.15, 0.2) is 0 Å². The molecule has 332 valence electrons.